The van der Waals surface area contributed by atoms with Crippen molar-refractivity contribution in [2.45, 2.75) is 131 Å². The summed E-state index contributed by atoms with van der Waals surface area (Å²) in [5, 5.41) is 0. The molecule has 0 radical (unpaired) electrons. The first-order valence-corrected chi connectivity index (χ1v) is 14.9. The molecule has 3 rings (SSSR count). The first kappa shape index (κ1) is 33.4. The van der Waals surface area contributed by atoms with Gasteiger partial charge in [-0.1, -0.05) is 102 Å². The van der Waals surface area contributed by atoms with Crippen LogP contribution in [-0.2, 0) is 26.2 Å². The van der Waals surface area contributed by atoms with Gasteiger partial charge in [0, 0.05) is 28.2 Å². The molecular weight excluding hydrogens is 502 g/mol. The van der Waals surface area contributed by atoms with E-state index in [2.05, 4.69) is 116 Å². The van der Waals surface area contributed by atoms with Crippen molar-refractivity contribution in [2.75, 3.05) is 0 Å². The molecule has 0 atom stereocenters. The summed E-state index contributed by atoms with van der Waals surface area (Å²) in [5.41, 5.74) is 7.29. The molecule has 0 aromatic heterocycles. The quantitative estimate of drug-likeness (QED) is 0.303. The van der Waals surface area contributed by atoms with E-state index in [1.165, 1.54) is 11.1 Å². The van der Waals surface area contributed by atoms with Gasteiger partial charge in [-0.05, 0) is 57.8 Å². The summed E-state index contributed by atoms with van der Waals surface area (Å²) in [6.07, 6.45) is 0. The maximum absolute atomic E-state index is 13.6. The molecule has 1 aliphatic rings. The van der Waals surface area contributed by atoms with E-state index < -0.39 is 7.82 Å². The standard InChI is InChI=1S/C32H49O4P.Na/c1-18-21(29(4,5)6)16-23(31(10,11)12)27-25(18)20(3)26-19(2)22(30(7,8)9)17-24(32(13,14)15)28(26)36-37(33,34)35-27;/h16-17,20H,1-15H3,(H,33,34);/q;+1/p-1. The fraction of sp³-hybridized carbons (Fsp3) is 0.625. The SMILES string of the molecule is Cc1c(C(C)(C)C)cc(C(C)(C)C)c2c1C(C)c1c(C)c(C(C)(C)C)cc(C(C)(C)C)c1OP(=O)([O-])O2.[Na+]. The number of hydrogen-bond donors (Lipinski definition) is 0. The maximum atomic E-state index is 13.6. The molecule has 0 fully saturated rings. The Morgan fingerprint density at radius 2 is 0.895 bits per heavy atom. The zero-order chi connectivity index (χ0) is 28.7. The van der Waals surface area contributed by atoms with Crippen molar-refractivity contribution in [1.82, 2.24) is 0 Å². The summed E-state index contributed by atoms with van der Waals surface area (Å²) >= 11 is 0. The molecule has 0 spiro atoms. The second-order valence-electron chi connectivity index (χ2n) is 15.0. The Balaban J connectivity index is 0.00000507. The molecule has 6 heteroatoms. The number of fused-ring (bicyclic) bond motifs is 2. The normalized spacial score (nSPS) is 20.3. The Labute approximate surface area is 254 Å². The molecule has 1 heterocycles. The molecule has 4 nitrogen and oxygen atoms in total. The zero-order valence-electron chi connectivity index (χ0n) is 26.8. The number of phosphoric acid groups is 1. The van der Waals surface area contributed by atoms with Crippen LogP contribution in [0, 0.1) is 13.8 Å². The number of benzene rings is 2. The van der Waals surface area contributed by atoms with Gasteiger partial charge in [0.15, 0.2) is 0 Å². The van der Waals surface area contributed by atoms with E-state index in [4.69, 9.17) is 9.05 Å². The molecule has 38 heavy (non-hydrogen) atoms. The van der Waals surface area contributed by atoms with Crippen LogP contribution in [0.5, 0.6) is 11.5 Å². The van der Waals surface area contributed by atoms with Crippen molar-refractivity contribution in [3.05, 3.63) is 56.6 Å². The summed E-state index contributed by atoms with van der Waals surface area (Å²) in [6, 6.07) is 4.28. The maximum Gasteiger partial charge on any atom is 1.00 e. The van der Waals surface area contributed by atoms with Crippen molar-refractivity contribution in [2.24, 2.45) is 0 Å². The molecule has 206 valence electrons. The molecule has 0 aliphatic carbocycles. The van der Waals surface area contributed by atoms with Crippen LogP contribution in [0.25, 0.3) is 0 Å². The van der Waals surface area contributed by atoms with E-state index in [9.17, 15) is 9.46 Å². The van der Waals surface area contributed by atoms with E-state index in [0.29, 0.717) is 11.5 Å². The molecular formula is C32H48NaO4P. The predicted octanol–water partition coefficient (Wildman–Crippen LogP) is 5.89. The molecule has 0 unspecified atom stereocenters. The summed E-state index contributed by atoms with van der Waals surface area (Å²) in [7, 11) is -4.74. The van der Waals surface area contributed by atoms with Crippen molar-refractivity contribution in [1.29, 1.82) is 0 Å². The fourth-order valence-corrected chi connectivity index (χ4v) is 6.73. The first-order chi connectivity index (χ1) is 16.4. The van der Waals surface area contributed by atoms with Crippen LogP contribution >= 0.6 is 7.82 Å². The van der Waals surface area contributed by atoms with Crippen LogP contribution in [0.2, 0.25) is 0 Å². The Bertz CT molecular complexity index is 1190. The minimum absolute atomic E-state index is 0. The summed E-state index contributed by atoms with van der Waals surface area (Å²) in [4.78, 5) is 13.6. The van der Waals surface area contributed by atoms with Gasteiger partial charge in [-0.15, -0.1) is 0 Å². The topological polar surface area (TPSA) is 58.6 Å². The first-order valence-electron chi connectivity index (χ1n) is 13.4. The molecule has 0 amide bonds. The van der Waals surface area contributed by atoms with Gasteiger partial charge in [-0.3, -0.25) is 0 Å². The average Bonchev–Trinajstić information content (AvgIpc) is 2.62. The van der Waals surface area contributed by atoms with Crippen LogP contribution < -0.4 is 43.5 Å². The van der Waals surface area contributed by atoms with Gasteiger partial charge in [0.05, 0.1) is 0 Å². The van der Waals surface area contributed by atoms with Crippen LogP contribution in [0.3, 0.4) is 0 Å². The smallest absolute Gasteiger partial charge is 0.736 e. The van der Waals surface area contributed by atoms with Crippen LogP contribution in [0.15, 0.2) is 12.1 Å². The molecule has 0 saturated carbocycles. The van der Waals surface area contributed by atoms with Crippen molar-refractivity contribution in [3.8, 4) is 11.5 Å². The Kier molecular flexibility index (Phi) is 9.02. The molecule has 1 aliphatic heterocycles. The van der Waals surface area contributed by atoms with Gasteiger partial charge in [-0.25, -0.2) is 4.57 Å². The third-order valence-electron chi connectivity index (χ3n) is 7.68. The minimum atomic E-state index is -4.74. The molecule has 0 saturated heterocycles. The van der Waals surface area contributed by atoms with Gasteiger partial charge in [0.2, 0.25) is 0 Å². The molecule has 0 bridgehead atoms. The van der Waals surface area contributed by atoms with E-state index >= 15 is 0 Å². The third kappa shape index (κ3) is 6.26. The monoisotopic (exact) mass is 550 g/mol. The Hall–Kier alpha value is -0.770. The van der Waals surface area contributed by atoms with Gasteiger partial charge in [0.1, 0.15) is 11.5 Å². The van der Waals surface area contributed by atoms with E-state index in [-0.39, 0.29) is 57.1 Å². The third-order valence-corrected chi connectivity index (χ3v) is 8.49. The predicted molar refractivity (Wildman–Crippen MR) is 154 cm³/mol. The summed E-state index contributed by atoms with van der Waals surface area (Å²) in [5.74, 6) is 0.705. The molecule has 2 aromatic carbocycles. The van der Waals surface area contributed by atoms with Gasteiger partial charge >= 0.3 is 37.4 Å². The van der Waals surface area contributed by atoms with Crippen LogP contribution in [0.1, 0.15) is 140 Å². The second-order valence-corrected chi connectivity index (χ2v) is 16.3. The van der Waals surface area contributed by atoms with Crippen LogP contribution in [0.4, 0.5) is 0 Å². The largest absolute Gasteiger partial charge is 1.00 e. The zero-order valence-corrected chi connectivity index (χ0v) is 29.7. The van der Waals surface area contributed by atoms with Crippen molar-refractivity contribution < 1.29 is 48.1 Å². The average molecular weight is 551 g/mol. The van der Waals surface area contributed by atoms with Crippen molar-refractivity contribution >= 4 is 7.82 Å². The molecule has 0 N–H and O–H groups in total. The fourth-order valence-electron chi connectivity index (χ4n) is 5.86. The number of rotatable bonds is 0. The van der Waals surface area contributed by atoms with Gasteiger partial charge in [0.25, 0.3) is 0 Å². The van der Waals surface area contributed by atoms with Crippen LogP contribution in [-0.4, -0.2) is 0 Å². The van der Waals surface area contributed by atoms with Gasteiger partial charge in [-0.2, -0.15) is 0 Å². The van der Waals surface area contributed by atoms with E-state index in [1.54, 1.807) is 0 Å². The van der Waals surface area contributed by atoms with E-state index in [1.807, 2.05) is 0 Å². The second kappa shape index (κ2) is 10.3. The van der Waals surface area contributed by atoms with Gasteiger partial charge < -0.3 is 13.9 Å². The van der Waals surface area contributed by atoms with E-state index in [0.717, 1.165) is 33.4 Å². The number of hydrogen-bond acceptors (Lipinski definition) is 4. The minimum Gasteiger partial charge on any atom is -0.736 e. The summed E-state index contributed by atoms with van der Waals surface area (Å²) < 4.78 is 25.5. The Morgan fingerprint density at radius 1 is 0.632 bits per heavy atom. The van der Waals surface area contributed by atoms with Crippen molar-refractivity contribution in [3.63, 3.8) is 0 Å². The molecule has 2 aromatic rings. The summed E-state index contributed by atoms with van der Waals surface area (Å²) in [6.45, 7) is 32.2. The number of phosphoric ester groups is 1. The Morgan fingerprint density at radius 3 is 1.13 bits per heavy atom.